The van der Waals surface area contributed by atoms with Crippen molar-refractivity contribution >= 4 is 0 Å². The van der Waals surface area contributed by atoms with E-state index in [2.05, 4.69) is 5.32 Å². The van der Waals surface area contributed by atoms with E-state index < -0.39 is 5.60 Å². The van der Waals surface area contributed by atoms with Crippen LogP contribution in [0.2, 0.25) is 0 Å². The van der Waals surface area contributed by atoms with Gasteiger partial charge in [0.05, 0.1) is 18.8 Å². The Bertz CT molecular complexity index is 408. The van der Waals surface area contributed by atoms with E-state index in [1.807, 2.05) is 0 Å². The van der Waals surface area contributed by atoms with Gasteiger partial charge in [0.25, 0.3) is 0 Å². The van der Waals surface area contributed by atoms with Gasteiger partial charge in [-0.25, -0.2) is 4.39 Å². The van der Waals surface area contributed by atoms with Crippen molar-refractivity contribution in [1.29, 1.82) is 0 Å². The summed E-state index contributed by atoms with van der Waals surface area (Å²) in [6.45, 7) is 1.34. The van der Waals surface area contributed by atoms with Gasteiger partial charge in [0.1, 0.15) is 5.82 Å². The Hall–Kier alpha value is -0.970. The molecule has 0 radical (unpaired) electrons. The standard InChI is InChI=1S/C14H18FNO2/c15-11-3-1-10(2-4-11)5-14(17)6-12-8-18-9-13(7-14)16-12/h1-4,12-13,16-17H,5-9H2. The number of benzene rings is 1. The molecule has 2 aliphatic rings. The van der Waals surface area contributed by atoms with Crippen LogP contribution in [0.4, 0.5) is 4.39 Å². The van der Waals surface area contributed by atoms with Crippen molar-refractivity contribution in [2.24, 2.45) is 0 Å². The highest BCUT2D eigenvalue weighted by molar-refractivity contribution is 5.19. The molecule has 0 saturated carbocycles. The summed E-state index contributed by atoms with van der Waals surface area (Å²) in [5.41, 5.74) is 0.294. The summed E-state index contributed by atoms with van der Waals surface area (Å²) in [7, 11) is 0. The van der Waals surface area contributed by atoms with Gasteiger partial charge in [-0.3, -0.25) is 0 Å². The Morgan fingerprint density at radius 2 is 1.83 bits per heavy atom. The summed E-state index contributed by atoms with van der Waals surface area (Å²) >= 11 is 0. The van der Waals surface area contributed by atoms with Crippen LogP contribution < -0.4 is 5.32 Å². The highest BCUT2D eigenvalue weighted by atomic mass is 19.1. The van der Waals surface area contributed by atoms with E-state index in [1.165, 1.54) is 12.1 Å². The molecule has 2 aliphatic heterocycles. The van der Waals surface area contributed by atoms with Gasteiger partial charge in [0.2, 0.25) is 0 Å². The zero-order chi connectivity index (χ0) is 12.6. The van der Waals surface area contributed by atoms with Crippen molar-refractivity contribution in [3.8, 4) is 0 Å². The predicted octanol–water partition coefficient (Wildman–Crippen LogP) is 1.25. The third-order valence-electron chi connectivity index (χ3n) is 3.81. The molecule has 18 heavy (non-hydrogen) atoms. The number of morpholine rings is 1. The second kappa shape index (κ2) is 4.61. The third kappa shape index (κ3) is 2.55. The van der Waals surface area contributed by atoms with Crippen LogP contribution in [0, 0.1) is 5.82 Å². The van der Waals surface area contributed by atoms with Crippen molar-refractivity contribution in [2.45, 2.75) is 36.9 Å². The minimum atomic E-state index is -0.692. The van der Waals surface area contributed by atoms with Gasteiger partial charge < -0.3 is 15.2 Å². The molecule has 1 aromatic rings. The summed E-state index contributed by atoms with van der Waals surface area (Å²) in [4.78, 5) is 0. The van der Waals surface area contributed by atoms with Crippen molar-refractivity contribution in [3.05, 3.63) is 35.6 Å². The fourth-order valence-electron chi connectivity index (χ4n) is 3.15. The van der Waals surface area contributed by atoms with Gasteiger partial charge in [-0.15, -0.1) is 0 Å². The molecule has 0 amide bonds. The molecule has 2 heterocycles. The number of hydrogen-bond acceptors (Lipinski definition) is 3. The second-order valence-electron chi connectivity index (χ2n) is 5.53. The molecule has 2 N–H and O–H groups in total. The Kier molecular flexibility index (Phi) is 3.09. The van der Waals surface area contributed by atoms with Gasteiger partial charge in [-0.2, -0.15) is 0 Å². The van der Waals surface area contributed by atoms with Crippen LogP contribution >= 0.6 is 0 Å². The Morgan fingerprint density at radius 3 is 2.44 bits per heavy atom. The lowest BCUT2D eigenvalue weighted by molar-refractivity contribution is -0.0755. The molecule has 2 saturated heterocycles. The van der Waals surface area contributed by atoms with Gasteiger partial charge in [0.15, 0.2) is 0 Å². The van der Waals surface area contributed by atoms with Crippen molar-refractivity contribution < 1.29 is 14.2 Å². The smallest absolute Gasteiger partial charge is 0.123 e. The van der Waals surface area contributed by atoms with E-state index in [1.54, 1.807) is 12.1 Å². The average molecular weight is 251 g/mol. The zero-order valence-corrected chi connectivity index (χ0v) is 10.2. The van der Waals surface area contributed by atoms with E-state index in [4.69, 9.17) is 4.74 Å². The summed E-state index contributed by atoms with van der Waals surface area (Å²) in [6.07, 6.45) is 1.98. The molecular formula is C14H18FNO2. The fourth-order valence-corrected chi connectivity index (χ4v) is 3.15. The lowest BCUT2D eigenvalue weighted by Crippen LogP contribution is -2.60. The topological polar surface area (TPSA) is 41.5 Å². The fraction of sp³-hybridized carbons (Fsp3) is 0.571. The number of halogens is 1. The molecule has 2 unspecified atom stereocenters. The van der Waals surface area contributed by atoms with Crippen LogP contribution in [0.15, 0.2) is 24.3 Å². The summed E-state index contributed by atoms with van der Waals surface area (Å²) in [6, 6.07) is 6.88. The Balaban J connectivity index is 1.72. The first kappa shape index (κ1) is 12.1. The number of hydrogen-bond donors (Lipinski definition) is 2. The Labute approximate surface area is 106 Å². The highest BCUT2D eigenvalue weighted by Gasteiger charge is 2.41. The number of fused-ring (bicyclic) bond motifs is 2. The van der Waals surface area contributed by atoms with Crippen LogP contribution in [-0.4, -0.2) is 36.0 Å². The first-order valence-electron chi connectivity index (χ1n) is 6.44. The van der Waals surface area contributed by atoms with E-state index in [9.17, 15) is 9.50 Å². The van der Waals surface area contributed by atoms with E-state index >= 15 is 0 Å². The minimum Gasteiger partial charge on any atom is -0.389 e. The maximum atomic E-state index is 12.9. The lowest BCUT2D eigenvalue weighted by Gasteiger charge is -2.45. The number of ether oxygens (including phenoxy) is 1. The van der Waals surface area contributed by atoms with Gasteiger partial charge >= 0.3 is 0 Å². The molecule has 98 valence electrons. The predicted molar refractivity (Wildman–Crippen MR) is 65.8 cm³/mol. The normalized spacial score (nSPS) is 35.4. The monoisotopic (exact) mass is 251 g/mol. The Morgan fingerprint density at radius 1 is 1.22 bits per heavy atom. The molecule has 4 heteroatoms. The van der Waals surface area contributed by atoms with Gasteiger partial charge in [-0.1, -0.05) is 12.1 Å². The SMILES string of the molecule is OC1(Cc2ccc(F)cc2)CC2COCC(C1)N2. The second-order valence-corrected chi connectivity index (χ2v) is 5.53. The van der Waals surface area contributed by atoms with Crippen LogP contribution in [0.5, 0.6) is 0 Å². The third-order valence-corrected chi connectivity index (χ3v) is 3.81. The maximum Gasteiger partial charge on any atom is 0.123 e. The van der Waals surface area contributed by atoms with E-state index in [-0.39, 0.29) is 17.9 Å². The average Bonchev–Trinajstić information content (AvgIpc) is 2.31. The molecule has 1 aromatic carbocycles. The van der Waals surface area contributed by atoms with Crippen molar-refractivity contribution in [3.63, 3.8) is 0 Å². The summed E-state index contributed by atoms with van der Waals surface area (Å²) in [5, 5.41) is 14.2. The molecular weight excluding hydrogens is 233 g/mol. The van der Waals surface area contributed by atoms with Crippen molar-refractivity contribution in [2.75, 3.05) is 13.2 Å². The first-order valence-corrected chi connectivity index (χ1v) is 6.44. The largest absolute Gasteiger partial charge is 0.389 e. The number of rotatable bonds is 2. The summed E-state index contributed by atoms with van der Waals surface area (Å²) in [5.74, 6) is -0.235. The number of aliphatic hydroxyl groups is 1. The number of nitrogens with one attached hydrogen (secondary N) is 1. The quantitative estimate of drug-likeness (QED) is 0.831. The van der Waals surface area contributed by atoms with E-state index in [0.717, 1.165) is 5.56 Å². The van der Waals surface area contributed by atoms with Crippen LogP contribution in [0.25, 0.3) is 0 Å². The van der Waals surface area contributed by atoms with Crippen LogP contribution in [0.3, 0.4) is 0 Å². The highest BCUT2D eigenvalue weighted by Crippen LogP contribution is 2.31. The maximum absolute atomic E-state index is 12.9. The zero-order valence-electron chi connectivity index (χ0n) is 10.2. The van der Waals surface area contributed by atoms with Crippen LogP contribution in [-0.2, 0) is 11.2 Å². The molecule has 3 nitrogen and oxygen atoms in total. The number of piperidine rings is 1. The molecule has 0 aliphatic carbocycles. The van der Waals surface area contributed by atoms with E-state index in [0.29, 0.717) is 32.5 Å². The minimum absolute atomic E-state index is 0.235. The molecule has 0 aromatic heterocycles. The van der Waals surface area contributed by atoms with Crippen LogP contribution in [0.1, 0.15) is 18.4 Å². The summed E-state index contributed by atoms with van der Waals surface area (Å²) < 4.78 is 18.3. The van der Waals surface area contributed by atoms with Gasteiger partial charge in [-0.05, 0) is 30.5 Å². The molecule has 2 atom stereocenters. The molecule has 0 spiro atoms. The van der Waals surface area contributed by atoms with Gasteiger partial charge in [0, 0.05) is 18.5 Å². The lowest BCUT2D eigenvalue weighted by atomic mass is 9.79. The molecule has 3 rings (SSSR count). The molecule has 2 bridgehead atoms. The first-order chi connectivity index (χ1) is 8.63. The van der Waals surface area contributed by atoms with Crippen molar-refractivity contribution in [1.82, 2.24) is 5.32 Å². The molecule has 2 fully saturated rings.